The number of methoxy groups -OCH3 is 1. The van der Waals surface area contributed by atoms with Crippen molar-refractivity contribution in [2.24, 2.45) is 4.99 Å². The predicted molar refractivity (Wildman–Crippen MR) is 125 cm³/mol. The number of aryl methyl sites for hydroxylation is 1. The lowest BCUT2D eigenvalue weighted by Crippen LogP contribution is -2.44. The van der Waals surface area contributed by atoms with E-state index in [1.165, 1.54) is 0 Å². The Bertz CT molecular complexity index is 734. The van der Waals surface area contributed by atoms with Gasteiger partial charge in [0.25, 0.3) is 0 Å². The summed E-state index contributed by atoms with van der Waals surface area (Å²) in [6.07, 6.45) is 2.28. The number of carbonyl (C=O) groups excluding carboxylic acids is 1. The molecule has 2 heterocycles. The van der Waals surface area contributed by atoms with Crippen molar-refractivity contribution in [1.82, 2.24) is 20.5 Å². The van der Waals surface area contributed by atoms with Crippen LogP contribution in [-0.2, 0) is 11.3 Å². The number of carbonyl (C=O) groups is 1. The number of nitrogens with zero attached hydrogens (tertiary/aromatic N) is 3. The Balaban J connectivity index is 0.00000420. The molecule has 1 amide bonds. The van der Waals surface area contributed by atoms with Gasteiger partial charge in [-0.2, -0.15) is 0 Å². The Morgan fingerprint density at radius 3 is 2.66 bits per heavy atom. The molecule has 0 aliphatic carbocycles. The zero-order chi connectivity index (χ0) is 20.9. The molecule has 1 saturated heterocycles. The summed E-state index contributed by atoms with van der Waals surface area (Å²) in [4.78, 5) is 23.0. The van der Waals surface area contributed by atoms with Gasteiger partial charge >= 0.3 is 6.09 Å². The number of guanidine groups is 1. The van der Waals surface area contributed by atoms with Gasteiger partial charge in [-0.25, -0.2) is 4.79 Å². The fourth-order valence-corrected chi connectivity index (χ4v) is 3.29. The molecule has 0 aromatic carbocycles. The van der Waals surface area contributed by atoms with E-state index in [9.17, 15) is 4.79 Å². The lowest BCUT2D eigenvalue weighted by Gasteiger charge is -2.23. The summed E-state index contributed by atoms with van der Waals surface area (Å²) in [5, 5.41) is 6.30. The predicted octanol–water partition coefficient (Wildman–Crippen LogP) is 3.00. The van der Waals surface area contributed by atoms with Gasteiger partial charge in [0.1, 0.15) is 11.4 Å². The van der Waals surface area contributed by atoms with Crippen molar-refractivity contribution in [3.63, 3.8) is 0 Å². The quantitative estimate of drug-likeness (QED) is 0.362. The molecular weight excluding hydrogens is 485 g/mol. The van der Waals surface area contributed by atoms with E-state index in [-0.39, 0.29) is 36.1 Å². The number of halogens is 1. The van der Waals surface area contributed by atoms with Crippen LogP contribution in [-0.4, -0.2) is 60.8 Å². The molecule has 0 saturated carbocycles. The summed E-state index contributed by atoms with van der Waals surface area (Å²) < 4.78 is 10.8. The maximum absolute atomic E-state index is 12.0. The SMILES string of the molecule is CN=C(NCc1ncc(C)c(OC)c1C)N1CCC(NC(=O)OC(C)(C)C)C1.I. The third-order valence-corrected chi connectivity index (χ3v) is 4.58. The van der Waals surface area contributed by atoms with E-state index in [0.29, 0.717) is 13.1 Å². The van der Waals surface area contributed by atoms with E-state index in [1.54, 1.807) is 14.2 Å². The van der Waals surface area contributed by atoms with Crippen LogP contribution in [0.15, 0.2) is 11.2 Å². The molecule has 1 unspecified atom stereocenters. The number of ether oxygens (including phenoxy) is 2. The van der Waals surface area contributed by atoms with Crippen LogP contribution in [0.25, 0.3) is 0 Å². The first-order chi connectivity index (χ1) is 13.1. The Morgan fingerprint density at radius 2 is 2.07 bits per heavy atom. The van der Waals surface area contributed by atoms with Gasteiger partial charge in [0.2, 0.25) is 0 Å². The molecule has 1 aromatic rings. The van der Waals surface area contributed by atoms with Crippen LogP contribution in [0.5, 0.6) is 5.75 Å². The first-order valence-electron chi connectivity index (χ1n) is 9.58. The number of hydrogen-bond donors (Lipinski definition) is 2. The van der Waals surface area contributed by atoms with Crippen molar-refractivity contribution in [3.8, 4) is 5.75 Å². The average molecular weight is 519 g/mol. The summed E-state index contributed by atoms with van der Waals surface area (Å²) in [5.41, 5.74) is 2.46. The van der Waals surface area contributed by atoms with Crippen LogP contribution in [0, 0.1) is 13.8 Å². The van der Waals surface area contributed by atoms with E-state index in [2.05, 4.69) is 25.5 Å². The van der Waals surface area contributed by atoms with E-state index >= 15 is 0 Å². The molecule has 1 fully saturated rings. The largest absolute Gasteiger partial charge is 0.496 e. The highest BCUT2D eigenvalue weighted by atomic mass is 127. The number of likely N-dealkylation sites (tertiary alicyclic amines) is 1. The molecule has 8 nitrogen and oxygen atoms in total. The molecule has 0 bridgehead atoms. The fraction of sp³-hybridized carbons (Fsp3) is 0.650. The van der Waals surface area contributed by atoms with Crippen molar-refractivity contribution >= 4 is 36.0 Å². The first-order valence-corrected chi connectivity index (χ1v) is 9.58. The zero-order valence-electron chi connectivity index (χ0n) is 18.5. The van der Waals surface area contributed by atoms with Gasteiger partial charge < -0.3 is 25.0 Å². The Labute approximate surface area is 190 Å². The summed E-state index contributed by atoms with van der Waals surface area (Å²) in [5.74, 6) is 1.65. The Morgan fingerprint density at radius 1 is 1.38 bits per heavy atom. The van der Waals surface area contributed by atoms with Crippen LogP contribution < -0.4 is 15.4 Å². The number of aromatic nitrogens is 1. The van der Waals surface area contributed by atoms with E-state index in [0.717, 1.165) is 41.5 Å². The summed E-state index contributed by atoms with van der Waals surface area (Å²) in [6, 6.07) is 0.0349. The number of aliphatic imine (C=N–C) groups is 1. The molecule has 2 N–H and O–H groups in total. The van der Waals surface area contributed by atoms with Gasteiger partial charge in [0.15, 0.2) is 5.96 Å². The lowest BCUT2D eigenvalue weighted by atomic mass is 10.1. The van der Waals surface area contributed by atoms with Gasteiger partial charge in [-0.05, 0) is 41.0 Å². The highest BCUT2D eigenvalue weighted by Gasteiger charge is 2.28. The molecule has 0 radical (unpaired) electrons. The van der Waals surface area contributed by atoms with Gasteiger partial charge in [-0.15, -0.1) is 24.0 Å². The van der Waals surface area contributed by atoms with E-state index < -0.39 is 5.60 Å². The summed E-state index contributed by atoms with van der Waals surface area (Å²) >= 11 is 0. The highest BCUT2D eigenvalue weighted by molar-refractivity contribution is 14.0. The molecule has 0 spiro atoms. The summed E-state index contributed by atoms with van der Waals surface area (Å²) in [6.45, 7) is 11.6. The van der Waals surface area contributed by atoms with Crippen molar-refractivity contribution in [2.45, 2.75) is 59.2 Å². The molecule has 2 rings (SSSR count). The van der Waals surface area contributed by atoms with Gasteiger partial charge in [0, 0.05) is 37.5 Å². The Hall–Kier alpha value is -1.78. The lowest BCUT2D eigenvalue weighted by molar-refractivity contribution is 0.0507. The van der Waals surface area contributed by atoms with Crippen molar-refractivity contribution < 1.29 is 14.3 Å². The minimum absolute atomic E-state index is 0. The van der Waals surface area contributed by atoms with Crippen LogP contribution in [0.4, 0.5) is 4.79 Å². The molecule has 9 heteroatoms. The topological polar surface area (TPSA) is 88.1 Å². The molecular formula is C20H34IN5O3. The molecule has 1 aliphatic heterocycles. The van der Waals surface area contributed by atoms with E-state index in [1.807, 2.05) is 40.8 Å². The number of hydrogen-bond acceptors (Lipinski definition) is 5. The van der Waals surface area contributed by atoms with E-state index in [4.69, 9.17) is 9.47 Å². The second kappa shape index (κ2) is 10.8. The average Bonchev–Trinajstić information content (AvgIpc) is 3.04. The maximum atomic E-state index is 12.0. The number of amides is 1. The van der Waals surface area contributed by atoms with Crippen LogP contribution in [0.1, 0.15) is 44.0 Å². The smallest absolute Gasteiger partial charge is 0.407 e. The number of alkyl carbamates (subject to hydrolysis) is 1. The van der Waals surface area contributed by atoms with Crippen LogP contribution in [0.3, 0.4) is 0 Å². The first kappa shape index (κ1) is 25.3. The van der Waals surface area contributed by atoms with Crippen LogP contribution in [0.2, 0.25) is 0 Å². The monoisotopic (exact) mass is 519 g/mol. The summed E-state index contributed by atoms with van der Waals surface area (Å²) in [7, 11) is 3.43. The number of nitrogens with one attached hydrogen (secondary N) is 2. The minimum Gasteiger partial charge on any atom is -0.496 e. The van der Waals surface area contributed by atoms with Gasteiger partial charge in [0.05, 0.1) is 25.4 Å². The minimum atomic E-state index is -0.500. The number of rotatable bonds is 4. The molecule has 164 valence electrons. The molecule has 29 heavy (non-hydrogen) atoms. The Kier molecular flexibility index (Phi) is 9.44. The van der Waals surface area contributed by atoms with Crippen molar-refractivity contribution in [2.75, 3.05) is 27.2 Å². The fourth-order valence-electron chi connectivity index (χ4n) is 3.29. The second-order valence-corrected chi connectivity index (χ2v) is 8.02. The molecule has 1 aromatic heterocycles. The standard InChI is InChI=1S/C20H33N5O3.HI/c1-13-10-22-16(14(2)17(13)27-7)11-23-18(21-6)25-9-8-15(12-25)24-19(26)28-20(3,4)5;/h10,15H,8-9,11-12H2,1-7H3,(H,21,23)(H,24,26);1H. The van der Waals surface area contributed by atoms with Crippen molar-refractivity contribution in [3.05, 3.63) is 23.0 Å². The van der Waals surface area contributed by atoms with Crippen LogP contribution >= 0.6 is 24.0 Å². The van der Waals surface area contributed by atoms with Gasteiger partial charge in [-0.3, -0.25) is 9.98 Å². The highest BCUT2D eigenvalue weighted by Crippen LogP contribution is 2.23. The second-order valence-electron chi connectivity index (χ2n) is 8.02. The zero-order valence-corrected chi connectivity index (χ0v) is 20.8. The maximum Gasteiger partial charge on any atom is 0.407 e. The number of pyridine rings is 1. The normalized spacial score (nSPS) is 16.9. The molecule has 1 aliphatic rings. The third kappa shape index (κ3) is 7.20. The molecule has 1 atom stereocenters. The van der Waals surface area contributed by atoms with Gasteiger partial charge in [-0.1, -0.05) is 0 Å². The third-order valence-electron chi connectivity index (χ3n) is 4.58. The van der Waals surface area contributed by atoms with Crippen molar-refractivity contribution in [1.29, 1.82) is 0 Å².